The van der Waals surface area contributed by atoms with Crippen LogP contribution in [0.1, 0.15) is 17.5 Å². The number of aromatic nitrogens is 1. The summed E-state index contributed by atoms with van der Waals surface area (Å²) in [6.45, 7) is 6.37. The minimum atomic E-state index is 0.546. The largest absolute Gasteiger partial charge is 0.366 e. The van der Waals surface area contributed by atoms with E-state index in [0.29, 0.717) is 6.04 Å². The molecular weight excluding hydrogens is 174 g/mol. The zero-order valence-electron chi connectivity index (χ0n) is 8.80. The van der Waals surface area contributed by atoms with Crippen LogP contribution < -0.4 is 10.6 Å². The molecule has 0 amide bonds. The van der Waals surface area contributed by atoms with Crippen molar-refractivity contribution in [3.63, 3.8) is 0 Å². The Hall–Kier alpha value is -1.09. The van der Waals surface area contributed by atoms with E-state index in [0.717, 1.165) is 18.9 Å². The molecule has 1 saturated heterocycles. The SMILES string of the molecule is Cc1cnc(NC2CCNC2)cc1C. The molecule has 3 heteroatoms. The Morgan fingerprint density at radius 1 is 1.43 bits per heavy atom. The van der Waals surface area contributed by atoms with Gasteiger partial charge in [-0.15, -0.1) is 0 Å². The number of nitrogens with zero attached hydrogens (tertiary/aromatic N) is 1. The lowest BCUT2D eigenvalue weighted by atomic mass is 10.2. The first-order valence-corrected chi connectivity index (χ1v) is 5.16. The molecule has 1 unspecified atom stereocenters. The van der Waals surface area contributed by atoms with E-state index in [1.165, 1.54) is 17.5 Å². The van der Waals surface area contributed by atoms with E-state index in [9.17, 15) is 0 Å². The van der Waals surface area contributed by atoms with Crippen molar-refractivity contribution in [3.8, 4) is 0 Å². The fraction of sp³-hybridized carbons (Fsp3) is 0.545. The summed E-state index contributed by atoms with van der Waals surface area (Å²) in [7, 11) is 0. The summed E-state index contributed by atoms with van der Waals surface area (Å²) < 4.78 is 0. The number of hydrogen-bond donors (Lipinski definition) is 2. The lowest BCUT2D eigenvalue weighted by molar-refractivity contribution is 0.787. The van der Waals surface area contributed by atoms with E-state index in [1.54, 1.807) is 0 Å². The maximum absolute atomic E-state index is 4.36. The number of rotatable bonds is 2. The van der Waals surface area contributed by atoms with Gasteiger partial charge in [0.25, 0.3) is 0 Å². The zero-order valence-corrected chi connectivity index (χ0v) is 8.80. The smallest absolute Gasteiger partial charge is 0.126 e. The number of nitrogens with one attached hydrogen (secondary N) is 2. The van der Waals surface area contributed by atoms with Crippen LogP contribution in [0.25, 0.3) is 0 Å². The second-order valence-electron chi connectivity index (χ2n) is 3.99. The summed E-state index contributed by atoms with van der Waals surface area (Å²) in [5, 5.41) is 6.76. The van der Waals surface area contributed by atoms with Crippen molar-refractivity contribution in [2.24, 2.45) is 0 Å². The second kappa shape index (κ2) is 3.96. The summed E-state index contributed by atoms with van der Waals surface area (Å²) in [5.74, 6) is 1.00. The lowest BCUT2D eigenvalue weighted by Crippen LogP contribution is -2.22. The summed E-state index contributed by atoms with van der Waals surface area (Å²) in [6, 6.07) is 2.66. The molecule has 1 aliphatic rings. The van der Waals surface area contributed by atoms with E-state index in [1.807, 2.05) is 6.20 Å². The van der Waals surface area contributed by atoms with Crippen LogP contribution in [-0.4, -0.2) is 24.1 Å². The molecule has 1 aromatic rings. The fourth-order valence-electron chi connectivity index (χ4n) is 1.69. The molecule has 0 aromatic carbocycles. The van der Waals surface area contributed by atoms with Crippen LogP contribution in [-0.2, 0) is 0 Å². The van der Waals surface area contributed by atoms with Crippen molar-refractivity contribution in [1.29, 1.82) is 0 Å². The zero-order chi connectivity index (χ0) is 9.97. The third-order valence-corrected chi connectivity index (χ3v) is 2.78. The summed E-state index contributed by atoms with van der Waals surface area (Å²) in [4.78, 5) is 4.36. The molecule has 2 rings (SSSR count). The molecule has 1 aromatic heterocycles. The Balaban J connectivity index is 2.05. The molecule has 3 nitrogen and oxygen atoms in total. The molecule has 0 spiro atoms. The number of anilines is 1. The third-order valence-electron chi connectivity index (χ3n) is 2.78. The third kappa shape index (κ3) is 2.04. The minimum Gasteiger partial charge on any atom is -0.366 e. The topological polar surface area (TPSA) is 37.0 Å². The van der Waals surface area contributed by atoms with Crippen molar-refractivity contribution in [2.75, 3.05) is 18.4 Å². The minimum absolute atomic E-state index is 0.546. The van der Waals surface area contributed by atoms with Gasteiger partial charge in [0.15, 0.2) is 0 Å². The Morgan fingerprint density at radius 2 is 2.29 bits per heavy atom. The van der Waals surface area contributed by atoms with Crippen LogP contribution >= 0.6 is 0 Å². The van der Waals surface area contributed by atoms with Crippen molar-refractivity contribution in [3.05, 3.63) is 23.4 Å². The van der Waals surface area contributed by atoms with Gasteiger partial charge in [-0.3, -0.25) is 0 Å². The molecule has 0 saturated carbocycles. The molecule has 1 aliphatic heterocycles. The van der Waals surface area contributed by atoms with Gasteiger partial charge in [-0.05, 0) is 44.0 Å². The first kappa shape index (κ1) is 9.46. The molecule has 1 fully saturated rings. The van der Waals surface area contributed by atoms with E-state index < -0.39 is 0 Å². The number of hydrogen-bond acceptors (Lipinski definition) is 3. The average Bonchev–Trinajstić information content (AvgIpc) is 2.64. The first-order valence-electron chi connectivity index (χ1n) is 5.16. The standard InChI is InChI=1S/C11H17N3/c1-8-5-11(13-6-9(8)2)14-10-3-4-12-7-10/h5-6,10,12H,3-4,7H2,1-2H3,(H,13,14). The second-order valence-corrected chi connectivity index (χ2v) is 3.99. The average molecular weight is 191 g/mol. The van der Waals surface area contributed by atoms with E-state index in [-0.39, 0.29) is 0 Å². The van der Waals surface area contributed by atoms with Gasteiger partial charge in [-0.1, -0.05) is 0 Å². The highest BCUT2D eigenvalue weighted by atomic mass is 15.1. The van der Waals surface area contributed by atoms with Gasteiger partial charge in [0, 0.05) is 18.8 Å². The molecule has 0 aliphatic carbocycles. The maximum atomic E-state index is 4.36. The quantitative estimate of drug-likeness (QED) is 0.743. The highest BCUT2D eigenvalue weighted by Crippen LogP contribution is 2.13. The molecule has 2 heterocycles. The Kier molecular flexibility index (Phi) is 2.68. The number of pyridine rings is 1. The van der Waals surface area contributed by atoms with Gasteiger partial charge in [0.05, 0.1) is 0 Å². The van der Waals surface area contributed by atoms with Crippen LogP contribution in [0.5, 0.6) is 0 Å². The van der Waals surface area contributed by atoms with Gasteiger partial charge in [-0.25, -0.2) is 4.98 Å². The van der Waals surface area contributed by atoms with Gasteiger partial charge in [-0.2, -0.15) is 0 Å². The van der Waals surface area contributed by atoms with Crippen molar-refractivity contribution in [1.82, 2.24) is 10.3 Å². The van der Waals surface area contributed by atoms with Crippen molar-refractivity contribution in [2.45, 2.75) is 26.3 Å². The molecular formula is C11H17N3. The monoisotopic (exact) mass is 191 g/mol. The van der Waals surface area contributed by atoms with Gasteiger partial charge in [0.2, 0.25) is 0 Å². The van der Waals surface area contributed by atoms with Crippen molar-refractivity contribution >= 4 is 5.82 Å². The summed E-state index contributed by atoms with van der Waals surface area (Å²) in [6.07, 6.45) is 3.12. The predicted octanol–water partition coefficient (Wildman–Crippen LogP) is 1.47. The van der Waals surface area contributed by atoms with Gasteiger partial charge in [0.1, 0.15) is 5.82 Å². The van der Waals surface area contributed by atoms with Crippen molar-refractivity contribution < 1.29 is 0 Å². The fourth-order valence-corrected chi connectivity index (χ4v) is 1.69. The normalized spacial score (nSPS) is 21.1. The van der Waals surface area contributed by atoms with E-state index >= 15 is 0 Å². The number of aryl methyl sites for hydroxylation is 2. The predicted molar refractivity (Wildman–Crippen MR) is 58.6 cm³/mol. The van der Waals surface area contributed by atoms with E-state index in [4.69, 9.17) is 0 Å². The van der Waals surface area contributed by atoms with Crippen LogP contribution in [0, 0.1) is 13.8 Å². The highest BCUT2D eigenvalue weighted by molar-refractivity contribution is 5.41. The molecule has 2 N–H and O–H groups in total. The van der Waals surface area contributed by atoms with Crippen LogP contribution in [0.2, 0.25) is 0 Å². The van der Waals surface area contributed by atoms with Gasteiger partial charge < -0.3 is 10.6 Å². The lowest BCUT2D eigenvalue weighted by Gasteiger charge is -2.12. The molecule has 0 bridgehead atoms. The summed E-state index contributed by atoms with van der Waals surface area (Å²) >= 11 is 0. The Morgan fingerprint density at radius 3 is 2.93 bits per heavy atom. The molecule has 0 radical (unpaired) electrons. The molecule has 1 atom stereocenters. The Labute approximate surface area is 84.9 Å². The van der Waals surface area contributed by atoms with Crippen LogP contribution in [0.4, 0.5) is 5.82 Å². The molecule has 14 heavy (non-hydrogen) atoms. The highest BCUT2D eigenvalue weighted by Gasteiger charge is 2.14. The van der Waals surface area contributed by atoms with Crippen LogP contribution in [0.3, 0.4) is 0 Å². The Bertz CT molecular complexity index is 316. The first-order chi connectivity index (χ1) is 6.75. The summed E-state index contributed by atoms with van der Waals surface area (Å²) in [5.41, 5.74) is 2.55. The maximum Gasteiger partial charge on any atom is 0.126 e. The van der Waals surface area contributed by atoms with Gasteiger partial charge >= 0.3 is 0 Å². The van der Waals surface area contributed by atoms with Crippen LogP contribution in [0.15, 0.2) is 12.3 Å². The van der Waals surface area contributed by atoms with E-state index in [2.05, 4.69) is 35.5 Å². The molecule has 76 valence electrons.